The van der Waals surface area contributed by atoms with Crippen molar-refractivity contribution in [2.24, 2.45) is 0 Å². The Hall–Kier alpha value is -2.25. The number of hydrogen-bond donors (Lipinski definition) is 2. The minimum Gasteiger partial charge on any atom is -0.491 e. The van der Waals surface area contributed by atoms with Crippen LogP contribution in [0.25, 0.3) is 0 Å². The highest BCUT2D eigenvalue weighted by molar-refractivity contribution is 6.29. The first-order valence-electron chi connectivity index (χ1n) is 6.61. The van der Waals surface area contributed by atoms with Gasteiger partial charge in [0.2, 0.25) is 0 Å². The van der Waals surface area contributed by atoms with Gasteiger partial charge in [-0.3, -0.25) is 4.79 Å². The van der Waals surface area contributed by atoms with E-state index in [0.717, 1.165) is 12.1 Å². The topological polar surface area (TPSA) is 71.5 Å². The van der Waals surface area contributed by atoms with Gasteiger partial charge in [-0.2, -0.15) is 0 Å². The summed E-state index contributed by atoms with van der Waals surface area (Å²) < 4.78 is 30.9. The van der Waals surface area contributed by atoms with Crippen LogP contribution in [-0.2, 0) is 0 Å². The number of rotatable bonds is 6. The van der Waals surface area contributed by atoms with Gasteiger partial charge in [0, 0.05) is 24.4 Å². The predicted molar refractivity (Wildman–Crippen MR) is 79.4 cm³/mol. The van der Waals surface area contributed by atoms with E-state index >= 15 is 0 Å². The lowest BCUT2D eigenvalue weighted by molar-refractivity contribution is 0.0843. The van der Waals surface area contributed by atoms with Gasteiger partial charge in [-0.05, 0) is 24.3 Å². The first-order chi connectivity index (χ1) is 11.0. The van der Waals surface area contributed by atoms with Gasteiger partial charge < -0.3 is 15.2 Å². The Morgan fingerprint density at radius 3 is 2.78 bits per heavy atom. The molecule has 0 fully saturated rings. The highest BCUT2D eigenvalue weighted by atomic mass is 35.5. The van der Waals surface area contributed by atoms with Crippen LogP contribution in [0.15, 0.2) is 36.5 Å². The Morgan fingerprint density at radius 2 is 2.09 bits per heavy atom. The Bertz CT molecular complexity index is 700. The molecule has 2 rings (SSSR count). The molecule has 8 heteroatoms. The quantitative estimate of drug-likeness (QED) is 0.789. The normalized spacial score (nSPS) is 11.8. The summed E-state index contributed by atoms with van der Waals surface area (Å²) in [6, 6.07) is 5.90. The second-order valence-corrected chi connectivity index (χ2v) is 5.01. The highest BCUT2D eigenvalue weighted by Gasteiger charge is 2.11. The van der Waals surface area contributed by atoms with Crippen molar-refractivity contribution in [3.05, 3.63) is 58.9 Å². The zero-order chi connectivity index (χ0) is 16.8. The average Bonchev–Trinajstić information content (AvgIpc) is 2.53. The standard InChI is InChI=1S/C15H13ClF2N2O3/c16-14-5-9(3-4-19-14)15(22)20-7-10(21)8-23-11-1-2-12(17)13(18)6-11/h1-6,10,21H,7-8H2,(H,20,22). The van der Waals surface area contributed by atoms with Crippen molar-refractivity contribution >= 4 is 17.5 Å². The molecule has 0 aliphatic rings. The second kappa shape index (κ2) is 7.85. The van der Waals surface area contributed by atoms with E-state index in [1.165, 1.54) is 24.4 Å². The minimum atomic E-state index is -1.04. The third-order valence-corrected chi connectivity index (χ3v) is 3.03. The summed E-state index contributed by atoms with van der Waals surface area (Å²) in [6.45, 7) is -0.273. The molecule has 0 radical (unpaired) electrons. The third kappa shape index (κ3) is 5.15. The molecule has 0 bridgehead atoms. The number of nitrogens with zero attached hydrogens (tertiary/aromatic N) is 1. The van der Waals surface area contributed by atoms with Crippen LogP contribution in [0.4, 0.5) is 8.78 Å². The molecule has 0 aliphatic carbocycles. The Balaban J connectivity index is 1.79. The number of aliphatic hydroxyl groups excluding tert-OH is 1. The van der Waals surface area contributed by atoms with E-state index in [2.05, 4.69) is 10.3 Å². The van der Waals surface area contributed by atoms with E-state index in [0.29, 0.717) is 5.56 Å². The summed E-state index contributed by atoms with van der Waals surface area (Å²) in [5, 5.41) is 12.4. The molecule has 1 aromatic carbocycles. The predicted octanol–water partition coefficient (Wildman–Crippen LogP) is 2.18. The molecule has 1 heterocycles. The molecule has 2 N–H and O–H groups in total. The lowest BCUT2D eigenvalue weighted by Gasteiger charge is -2.13. The number of halogens is 3. The van der Waals surface area contributed by atoms with Crippen LogP contribution in [0.3, 0.4) is 0 Å². The SMILES string of the molecule is O=C(NCC(O)COc1ccc(F)c(F)c1)c1ccnc(Cl)c1. The van der Waals surface area contributed by atoms with E-state index in [9.17, 15) is 18.7 Å². The number of carbonyl (C=O) groups excluding carboxylic acids is 1. The van der Waals surface area contributed by atoms with Crippen LogP contribution in [0.1, 0.15) is 10.4 Å². The molecule has 0 saturated heterocycles. The van der Waals surface area contributed by atoms with E-state index in [1.54, 1.807) is 0 Å². The van der Waals surface area contributed by atoms with Crippen molar-refractivity contribution in [3.8, 4) is 5.75 Å². The number of ether oxygens (including phenoxy) is 1. The minimum absolute atomic E-state index is 0.0789. The summed E-state index contributed by atoms with van der Waals surface area (Å²) in [4.78, 5) is 15.6. The highest BCUT2D eigenvalue weighted by Crippen LogP contribution is 2.15. The molecule has 1 atom stereocenters. The average molecular weight is 343 g/mol. The largest absolute Gasteiger partial charge is 0.491 e. The molecule has 0 saturated carbocycles. The number of carbonyl (C=O) groups is 1. The summed E-state index contributed by atoms with van der Waals surface area (Å²) in [5.74, 6) is -2.38. The third-order valence-electron chi connectivity index (χ3n) is 2.82. The molecule has 1 amide bonds. The van der Waals surface area contributed by atoms with E-state index in [-0.39, 0.29) is 24.1 Å². The number of aliphatic hydroxyl groups is 1. The summed E-state index contributed by atoms with van der Waals surface area (Å²) in [5.41, 5.74) is 0.304. The summed E-state index contributed by atoms with van der Waals surface area (Å²) in [7, 11) is 0. The molecule has 1 unspecified atom stereocenters. The maximum atomic E-state index is 13.0. The first-order valence-corrected chi connectivity index (χ1v) is 6.99. The van der Waals surface area contributed by atoms with Crippen LogP contribution < -0.4 is 10.1 Å². The second-order valence-electron chi connectivity index (χ2n) is 4.62. The zero-order valence-electron chi connectivity index (χ0n) is 11.8. The van der Waals surface area contributed by atoms with Crippen molar-refractivity contribution in [2.45, 2.75) is 6.10 Å². The molecule has 2 aromatic rings. The summed E-state index contributed by atoms with van der Waals surface area (Å²) in [6.07, 6.45) is 0.365. The van der Waals surface area contributed by atoms with Crippen molar-refractivity contribution < 1.29 is 23.4 Å². The number of nitrogens with one attached hydrogen (secondary N) is 1. The van der Waals surface area contributed by atoms with Crippen LogP contribution >= 0.6 is 11.6 Å². The van der Waals surface area contributed by atoms with Gasteiger partial charge in [-0.25, -0.2) is 13.8 Å². The van der Waals surface area contributed by atoms with Crippen LogP contribution in [0.2, 0.25) is 5.15 Å². The monoisotopic (exact) mass is 342 g/mol. The lowest BCUT2D eigenvalue weighted by Crippen LogP contribution is -2.35. The van der Waals surface area contributed by atoms with Gasteiger partial charge in [0.05, 0.1) is 0 Å². The van der Waals surface area contributed by atoms with Crippen molar-refractivity contribution in [3.63, 3.8) is 0 Å². The molecule has 5 nitrogen and oxygen atoms in total. The van der Waals surface area contributed by atoms with Gasteiger partial charge in [0.1, 0.15) is 23.6 Å². The molecular formula is C15H13ClF2N2O3. The summed E-state index contributed by atoms with van der Waals surface area (Å²) >= 11 is 5.68. The van der Waals surface area contributed by atoms with Gasteiger partial charge in [0.25, 0.3) is 5.91 Å². The number of pyridine rings is 1. The van der Waals surface area contributed by atoms with Gasteiger partial charge in [0.15, 0.2) is 11.6 Å². The number of benzene rings is 1. The van der Waals surface area contributed by atoms with E-state index < -0.39 is 23.6 Å². The van der Waals surface area contributed by atoms with Crippen molar-refractivity contribution in [2.75, 3.05) is 13.2 Å². The van der Waals surface area contributed by atoms with Gasteiger partial charge in [-0.1, -0.05) is 11.6 Å². The fourth-order valence-corrected chi connectivity index (χ4v) is 1.85. The fraction of sp³-hybridized carbons (Fsp3) is 0.200. The molecule has 23 heavy (non-hydrogen) atoms. The van der Waals surface area contributed by atoms with Gasteiger partial charge >= 0.3 is 0 Å². The molecular weight excluding hydrogens is 330 g/mol. The molecule has 0 spiro atoms. The maximum Gasteiger partial charge on any atom is 0.251 e. The number of aromatic nitrogens is 1. The first kappa shape index (κ1) is 17.1. The Kier molecular flexibility index (Phi) is 5.84. The lowest BCUT2D eigenvalue weighted by atomic mass is 10.2. The number of amides is 1. The molecule has 1 aromatic heterocycles. The van der Waals surface area contributed by atoms with E-state index in [1.807, 2.05) is 0 Å². The number of hydrogen-bond acceptors (Lipinski definition) is 4. The Morgan fingerprint density at radius 1 is 1.30 bits per heavy atom. The Labute approximate surface area is 135 Å². The fourth-order valence-electron chi connectivity index (χ4n) is 1.67. The molecule has 122 valence electrons. The van der Waals surface area contributed by atoms with Crippen molar-refractivity contribution in [1.82, 2.24) is 10.3 Å². The van der Waals surface area contributed by atoms with Gasteiger partial charge in [-0.15, -0.1) is 0 Å². The maximum absolute atomic E-state index is 13.0. The smallest absolute Gasteiger partial charge is 0.251 e. The van der Waals surface area contributed by atoms with Crippen LogP contribution in [0.5, 0.6) is 5.75 Å². The van der Waals surface area contributed by atoms with E-state index in [4.69, 9.17) is 16.3 Å². The van der Waals surface area contributed by atoms with Crippen molar-refractivity contribution in [1.29, 1.82) is 0 Å². The zero-order valence-corrected chi connectivity index (χ0v) is 12.6. The van der Waals surface area contributed by atoms with Crippen LogP contribution in [0, 0.1) is 11.6 Å². The van der Waals surface area contributed by atoms with Crippen LogP contribution in [-0.4, -0.2) is 35.3 Å². The molecule has 0 aliphatic heterocycles.